The van der Waals surface area contributed by atoms with Crippen LogP contribution in [0.25, 0.3) is 0 Å². The summed E-state index contributed by atoms with van der Waals surface area (Å²) >= 11 is 0. The highest BCUT2D eigenvalue weighted by molar-refractivity contribution is 6.12. The van der Waals surface area contributed by atoms with Gasteiger partial charge in [0.05, 0.1) is 13.1 Å². The van der Waals surface area contributed by atoms with Crippen LogP contribution in [0.3, 0.4) is 0 Å². The molecule has 14 heteroatoms. The number of nitrogens with one attached hydrogen (secondary N) is 3. The predicted molar refractivity (Wildman–Crippen MR) is 148 cm³/mol. The third-order valence-electron chi connectivity index (χ3n) is 8.53. The van der Waals surface area contributed by atoms with E-state index >= 15 is 0 Å². The Balaban J connectivity index is 1.29. The molecule has 0 aliphatic carbocycles. The Morgan fingerprint density at radius 2 is 1.88 bits per heavy atom. The number of hydrogen-bond donors (Lipinski definition) is 7. The van der Waals surface area contributed by atoms with E-state index in [1.165, 1.54) is 9.48 Å². The van der Waals surface area contributed by atoms with E-state index in [9.17, 15) is 24.6 Å². The van der Waals surface area contributed by atoms with Gasteiger partial charge in [0, 0.05) is 11.3 Å². The van der Waals surface area contributed by atoms with Gasteiger partial charge in [-0.25, -0.2) is 14.4 Å². The molecule has 9 N–H and O–H groups in total. The third kappa shape index (κ3) is 3.82. The minimum Gasteiger partial charge on any atom is -0.370 e. The Hall–Kier alpha value is -4.69. The molecule has 4 aliphatic rings. The number of rotatable bonds is 5. The van der Waals surface area contributed by atoms with Crippen molar-refractivity contribution < 1.29 is 29.2 Å². The topological polar surface area (TPSA) is 202 Å². The fourth-order valence-corrected chi connectivity index (χ4v) is 6.27. The van der Waals surface area contributed by atoms with Crippen LogP contribution in [0.15, 0.2) is 53.5 Å². The maximum atomic E-state index is 13.3. The quantitative estimate of drug-likeness (QED) is 0.120. The monoisotopic (exact) mass is 562 g/mol. The Morgan fingerprint density at radius 1 is 1.15 bits per heavy atom. The Labute approximate surface area is 235 Å². The number of imide groups is 1. The normalized spacial score (nSPS) is 28.2. The van der Waals surface area contributed by atoms with Crippen LogP contribution < -0.4 is 32.3 Å². The summed E-state index contributed by atoms with van der Waals surface area (Å²) < 4.78 is 1.47. The number of aryl methyl sites for hydroxylation is 1. The van der Waals surface area contributed by atoms with E-state index in [0.717, 1.165) is 16.0 Å². The van der Waals surface area contributed by atoms with Gasteiger partial charge in [-0.1, -0.05) is 30.3 Å². The molecular weight excluding hydrogens is 530 g/mol. The SMILES string of the molecule is Cc1cccc(C(=O)NC2C[N+]3=C(N)N[C@@H](CN4C(=O)CN(c5ccccc5)C4=O)[C@@H]4N=C(N)N[C@@]43C2(O)O)c1C. The molecular formula is C27H32N9O5+. The Kier molecular flexibility index (Phi) is 5.94. The van der Waals surface area contributed by atoms with E-state index in [0.29, 0.717) is 11.3 Å². The minimum absolute atomic E-state index is 0.0404. The van der Waals surface area contributed by atoms with Gasteiger partial charge in [-0.05, 0) is 43.2 Å². The number of aliphatic imine (C=N–C) groups is 1. The molecule has 4 heterocycles. The lowest BCUT2D eigenvalue weighted by molar-refractivity contribution is -0.623. The average molecular weight is 563 g/mol. The van der Waals surface area contributed by atoms with E-state index in [4.69, 9.17) is 11.5 Å². The second kappa shape index (κ2) is 9.17. The first-order chi connectivity index (χ1) is 19.5. The number of para-hydroxylation sites is 1. The van der Waals surface area contributed by atoms with Crippen LogP contribution in [-0.4, -0.2) is 98.7 Å². The molecule has 6 rings (SSSR count). The highest BCUT2D eigenvalue weighted by Gasteiger charge is 2.75. The molecule has 1 unspecified atom stereocenters. The van der Waals surface area contributed by atoms with Crippen molar-refractivity contribution in [1.82, 2.24) is 20.9 Å². The molecule has 0 radical (unpaired) electrons. The predicted octanol–water partition coefficient (Wildman–Crippen LogP) is -2.15. The summed E-state index contributed by atoms with van der Waals surface area (Å²) in [6.07, 6.45) is 0. The van der Waals surface area contributed by atoms with Crippen molar-refractivity contribution in [2.75, 3.05) is 24.5 Å². The van der Waals surface area contributed by atoms with Crippen LogP contribution in [0.5, 0.6) is 0 Å². The van der Waals surface area contributed by atoms with Crippen molar-refractivity contribution in [1.29, 1.82) is 0 Å². The van der Waals surface area contributed by atoms with Crippen molar-refractivity contribution in [2.45, 2.75) is 43.4 Å². The Bertz CT molecular complexity index is 1520. The first kappa shape index (κ1) is 26.5. The summed E-state index contributed by atoms with van der Waals surface area (Å²) in [6, 6.07) is 10.5. The maximum absolute atomic E-state index is 13.3. The van der Waals surface area contributed by atoms with Crippen LogP contribution in [0.1, 0.15) is 21.5 Å². The van der Waals surface area contributed by atoms with Gasteiger partial charge < -0.3 is 26.6 Å². The summed E-state index contributed by atoms with van der Waals surface area (Å²) in [6.45, 7) is 3.29. The fourth-order valence-electron chi connectivity index (χ4n) is 6.27. The van der Waals surface area contributed by atoms with E-state index < -0.39 is 47.4 Å². The molecule has 0 bridgehead atoms. The molecule has 1 spiro atoms. The smallest absolute Gasteiger partial charge is 0.346 e. The zero-order valence-corrected chi connectivity index (χ0v) is 22.5. The zero-order chi connectivity index (χ0) is 29.3. The van der Waals surface area contributed by atoms with Crippen molar-refractivity contribution in [2.24, 2.45) is 16.5 Å². The molecule has 4 amide bonds. The number of nitrogens with two attached hydrogens (primary N) is 2. The molecule has 2 saturated heterocycles. The number of urea groups is 1. The standard InChI is InChI=1S/C27H31N9O5/c1-14-7-6-10-17(15(14)2)22(38)31-19-12-36-24(29)30-18(21-26(36,27(19,40)41)33-23(28)32-21)11-35-20(37)13-34(25(35)39)16-8-4-3-5-9-16/h3-10,18-19,21,40-41H,11-13H2,1-2H3,(H6,28,29,30,31,32,33,38)/p+1/t18-,19?,21-,26-/m0/s1. The van der Waals surface area contributed by atoms with Gasteiger partial charge in [0.15, 0.2) is 5.96 Å². The van der Waals surface area contributed by atoms with Gasteiger partial charge >= 0.3 is 12.0 Å². The molecule has 2 aromatic rings. The number of benzene rings is 2. The number of hydrogen-bond acceptors (Lipinski definition) is 10. The van der Waals surface area contributed by atoms with Crippen molar-refractivity contribution in [3.8, 4) is 0 Å². The molecule has 41 heavy (non-hydrogen) atoms. The molecule has 0 aromatic heterocycles. The second-order valence-electron chi connectivity index (χ2n) is 10.8. The van der Waals surface area contributed by atoms with Crippen molar-refractivity contribution >= 4 is 35.5 Å². The van der Waals surface area contributed by atoms with E-state index in [2.05, 4.69) is 20.9 Å². The molecule has 2 aromatic carbocycles. The van der Waals surface area contributed by atoms with Crippen LogP contribution in [0, 0.1) is 13.8 Å². The number of carbonyl (C=O) groups excluding carboxylic acids is 3. The minimum atomic E-state index is -2.63. The number of amides is 4. The summed E-state index contributed by atoms with van der Waals surface area (Å²) in [7, 11) is 0. The van der Waals surface area contributed by atoms with Gasteiger partial charge in [0.2, 0.25) is 11.4 Å². The lowest BCUT2D eigenvalue weighted by atomic mass is 9.85. The lowest BCUT2D eigenvalue weighted by Gasteiger charge is -2.44. The van der Waals surface area contributed by atoms with Crippen LogP contribution in [0.4, 0.5) is 10.5 Å². The van der Waals surface area contributed by atoms with Crippen LogP contribution >= 0.6 is 0 Å². The largest absolute Gasteiger partial charge is 0.370 e. The van der Waals surface area contributed by atoms with Gasteiger partial charge in [-0.2, -0.15) is 0 Å². The molecule has 14 nitrogen and oxygen atoms in total. The number of aliphatic hydroxyl groups is 2. The van der Waals surface area contributed by atoms with Crippen LogP contribution in [0.2, 0.25) is 0 Å². The second-order valence-corrected chi connectivity index (χ2v) is 10.8. The van der Waals surface area contributed by atoms with Gasteiger partial charge in [0.1, 0.15) is 24.7 Å². The zero-order valence-electron chi connectivity index (χ0n) is 22.5. The summed E-state index contributed by atoms with van der Waals surface area (Å²) in [5.41, 5.74) is 13.3. The van der Waals surface area contributed by atoms with E-state index in [1.54, 1.807) is 36.4 Å². The van der Waals surface area contributed by atoms with E-state index in [-0.39, 0.29) is 31.6 Å². The highest BCUT2D eigenvalue weighted by atomic mass is 16.5. The first-order valence-corrected chi connectivity index (χ1v) is 13.2. The fraction of sp³-hybridized carbons (Fsp3) is 0.370. The number of nitrogens with zero attached hydrogens (tertiary/aromatic N) is 4. The molecule has 4 aliphatic heterocycles. The van der Waals surface area contributed by atoms with Crippen molar-refractivity contribution in [3.63, 3.8) is 0 Å². The maximum Gasteiger partial charge on any atom is 0.346 e. The van der Waals surface area contributed by atoms with Crippen molar-refractivity contribution in [3.05, 3.63) is 65.2 Å². The molecule has 214 valence electrons. The number of carbonyl (C=O) groups is 3. The van der Waals surface area contributed by atoms with Gasteiger partial charge in [-0.3, -0.25) is 30.4 Å². The number of guanidine groups is 2. The first-order valence-electron chi connectivity index (χ1n) is 13.2. The molecule has 0 saturated carbocycles. The Morgan fingerprint density at radius 3 is 2.61 bits per heavy atom. The summed E-state index contributed by atoms with van der Waals surface area (Å²) in [5.74, 6) is -3.59. The summed E-state index contributed by atoms with van der Waals surface area (Å²) in [5, 5.41) is 32.1. The van der Waals surface area contributed by atoms with Gasteiger partial charge in [-0.15, -0.1) is 0 Å². The van der Waals surface area contributed by atoms with Gasteiger partial charge in [0.25, 0.3) is 11.8 Å². The lowest BCUT2D eigenvalue weighted by Crippen LogP contribution is -2.79. The summed E-state index contributed by atoms with van der Waals surface area (Å²) in [4.78, 5) is 46.4. The van der Waals surface area contributed by atoms with E-state index in [1.807, 2.05) is 26.0 Å². The molecule has 2 fully saturated rings. The van der Waals surface area contributed by atoms with Crippen LogP contribution in [-0.2, 0) is 4.79 Å². The highest BCUT2D eigenvalue weighted by Crippen LogP contribution is 2.41. The average Bonchev–Trinajstić information content (AvgIpc) is 3.51. The third-order valence-corrected chi connectivity index (χ3v) is 8.53. The molecule has 4 atom stereocenters. The number of anilines is 1.